The second-order valence-corrected chi connectivity index (χ2v) is 6.17. The Morgan fingerprint density at radius 1 is 1.26 bits per heavy atom. The molecule has 0 atom stereocenters. The molecule has 1 fully saturated rings. The summed E-state index contributed by atoms with van der Waals surface area (Å²) in [4.78, 5) is 13.0. The number of anilines is 1. The van der Waals surface area contributed by atoms with Crippen LogP contribution in [0.15, 0.2) is 29.2 Å². The SMILES string of the molecule is Nc1cccc(SCC(=O)NC2CCCCCC2)c1. The smallest absolute Gasteiger partial charge is 0.230 e. The zero-order chi connectivity index (χ0) is 13.5. The van der Waals surface area contributed by atoms with Crippen LogP contribution in [0.4, 0.5) is 5.69 Å². The van der Waals surface area contributed by atoms with Crippen molar-refractivity contribution >= 4 is 23.4 Å². The maximum Gasteiger partial charge on any atom is 0.230 e. The molecule has 1 amide bonds. The number of nitrogen functional groups attached to an aromatic ring is 1. The van der Waals surface area contributed by atoms with E-state index < -0.39 is 0 Å². The minimum absolute atomic E-state index is 0.138. The van der Waals surface area contributed by atoms with Crippen molar-refractivity contribution in [2.24, 2.45) is 0 Å². The van der Waals surface area contributed by atoms with Crippen molar-refractivity contribution in [2.45, 2.75) is 49.5 Å². The molecule has 0 spiro atoms. The molecule has 1 aromatic rings. The molecule has 0 saturated heterocycles. The number of carbonyl (C=O) groups is 1. The van der Waals surface area contributed by atoms with E-state index in [1.807, 2.05) is 24.3 Å². The summed E-state index contributed by atoms with van der Waals surface area (Å²) in [6.45, 7) is 0. The topological polar surface area (TPSA) is 55.1 Å². The maximum absolute atomic E-state index is 11.9. The summed E-state index contributed by atoms with van der Waals surface area (Å²) in [7, 11) is 0. The standard InChI is InChI=1S/C15H22N2OS/c16-12-6-5-9-14(10-12)19-11-15(18)17-13-7-3-1-2-4-8-13/h5-6,9-10,13H,1-4,7-8,11,16H2,(H,17,18). The third-order valence-corrected chi connectivity index (χ3v) is 4.44. The monoisotopic (exact) mass is 278 g/mol. The number of carbonyl (C=O) groups excluding carboxylic acids is 1. The zero-order valence-electron chi connectivity index (χ0n) is 11.2. The van der Waals surface area contributed by atoms with Gasteiger partial charge >= 0.3 is 0 Å². The molecule has 1 aromatic carbocycles. The molecule has 1 aliphatic carbocycles. The summed E-state index contributed by atoms with van der Waals surface area (Å²) in [6, 6.07) is 8.05. The van der Waals surface area contributed by atoms with E-state index in [9.17, 15) is 4.79 Å². The van der Waals surface area contributed by atoms with Gasteiger partial charge < -0.3 is 11.1 Å². The molecule has 0 heterocycles. The second kappa shape index (κ2) is 7.43. The van der Waals surface area contributed by atoms with E-state index in [0.717, 1.165) is 23.4 Å². The molecule has 19 heavy (non-hydrogen) atoms. The number of benzene rings is 1. The van der Waals surface area contributed by atoms with Gasteiger partial charge in [-0.05, 0) is 31.0 Å². The molecule has 0 aliphatic heterocycles. The molecule has 1 saturated carbocycles. The number of hydrogen-bond acceptors (Lipinski definition) is 3. The van der Waals surface area contributed by atoms with Crippen LogP contribution >= 0.6 is 11.8 Å². The quantitative estimate of drug-likeness (QED) is 0.505. The van der Waals surface area contributed by atoms with E-state index in [0.29, 0.717) is 11.8 Å². The van der Waals surface area contributed by atoms with Crippen molar-refractivity contribution in [3.63, 3.8) is 0 Å². The lowest BCUT2D eigenvalue weighted by atomic mass is 10.1. The van der Waals surface area contributed by atoms with Gasteiger partial charge in [-0.1, -0.05) is 31.7 Å². The van der Waals surface area contributed by atoms with Crippen LogP contribution in [0.5, 0.6) is 0 Å². The van der Waals surface area contributed by atoms with Gasteiger partial charge in [-0.25, -0.2) is 0 Å². The average molecular weight is 278 g/mol. The highest BCUT2D eigenvalue weighted by molar-refractivity contribution is 8.00. The average Bonchev–Trinajstić information content (AvgIpc) is 2.65. The number of nitrogens with two attached hydrogens (primary N) is 1. The number of amides is 1. The van der Waals surface area contributed by atoms with Gasteiger partial charge in [-0.15, -0.1) is 11.8 Å². The Morgan fingerprint density at radius 2 is 2.00 bits per heavy atom. The van der Waals surface area contributed by atoms with Gasteiger partial charge in [0.2, 0.25) is 5.91 Å². The Labute approximate surface area is 119 Å². The highest BCUT2D eigenvalue weighted by atomic mass is 32.2. The number of thioether (sulfide) groups is 1. The van der Waals surface area contributed by atoms with E-state index in [2.05, 4.69) is 5.32 Å². The first-order valence-electron chi connectivity index (χ1n) is 7.02. The Kier molecular flexibility index (Phi) is 5.58. The maximum atomic E-state index is 11.9. The molecule has 3 nitrogen and oxygen atoms in total. The molecule has 3 N–H and O–H groups in total. The normalized spacial score (nSPS) is 16.8. The fourth-order valence-electron chi connectivity index (χ4n) is 2.45. The lowest BCUT2D eigenvalue weighted by Crippen LogP contribution is -2.35. The molecule has 4 heteroatoms. The molecule has 0 radical (unpaired) electrons. The van der Waals surface area contributed by atoms with E-state index in [1.165, 1.54) is 25.7 Å². The van der Waals surface area contributed by atoms with Gasteiger partial charge in [0.25, 0.3) is 0 Å². The largest absolute Gasteiger partial charge is 0.399 e. The van der Waals surface area contributed by atoms with Crippen molar-refractivity contribution in [1.29, 1.82) is 0 Å². The van der Waals surface area contributed by atoms with Crippen LogP contribution in [-0.4, -0.2) is 17.7 Å². The Balaban J connectivity index is 1.74. The summed E-state index contributed by atoms with van der Waals surface area (Å²) in [5.41, 5.74) is 6.46. The summed E-state index contributed by atoms with van der Waals surface area (Å²) < 4.78 is 0. The van der Waals surface area contributed by atoms with Crippen LogP contribution in [0, 0.1) is 0 Å². The van der Waals surface area contributed by atoms with Crippen LogP contribution in [0.1, 0.15) is 38.5 Å². The van der Waals surface area contributed by atoms with Crippen molar-refractivity contribution in [1.82, 2.24) is 5.32 Å². The first kappa shape index (κ1) is 14.3. The summed E-state index contributed by atoms with van der Waals surface area (Å²) in [5, 5.41) is 3.15. The van der Waals surface area contributed by atoms with Crippen molar-refractivity contribution in [2.75, 3.05) is 11.5 Å². The van der Waals surface area contributed by atoms with Crippen LogP contribution in [-0.2, 0) is 4.79 Å². The number of nitrogens with one attached hydrogen (secondary N) is 1. The van der Waals surface area contributed by atoms with Gasteiger partial charge in [-0.3, -0.25) is 4.79 Å². The molecule has 0 unspecified atom stereocenters. The minimum Gasteiger partial charge on any atom is -0.399 e. The van der Waals surface area contributed by atoms with Gasteiger partial charge in [0.05, 0.1) is 5.75 Å². The van der Waals surface area contributed by atoms with Gasteiger partial charge in [0.15, 0.2) is 0 Å². The van der Waals surface area contributed by atoms with Crippen molar-refractivity contribution < 1.29 is 4.79 Å². The van der Waals surface area contributed by atoms with Crippen molar-refractivity contribution in [3.05, 3.63) is 24.3 Å². The molecule has 0 bridgehead atoms. The molecule has 104 valence electrons. The predicted molar refractivity (Wildman–Crippen MR) is 81.2 cm³/mol. The Morgan fingerprint density at radius 3 is 2.68 bits per heavy atom. The highest BCUT2D eigenvalue weighted by Crippen LogP contribution is 2.21. The first-order chi connectivity index (χ1) is 9.24. The number of hydrogen-bond donors (Lipinski definition) is 2. The van der Waals surface area contributed by atoms with Gasteiger partial charge in [0.1, 0.15) is 0 Å². The second-order valence-electron chi connectivity index (χ2n) is 5.12. The van der Waals surface area contributed by atoms with E-state index >= 15 is 0 Å². The van der Waals surface area contributed by atoms with E-state index in [1.54, 1.807) is 11.8 Å². The van der Waals surface area contributed by atoms with E-state index in [-0.39, 0.29) is 5.91 Å². The van der Waals surface area contributed by atoms with Crippen LogP contribution in [0.3, 0.4) is 0 Å². The molecule has 0 aromatic heterocycles. The summed E-state index contributed by atoms with van der Waals surface area (Å²) in [5.74, 6) is 0.610. The van der Waals surface area contributed by atoms with Crippen LogP contribution < -0.4 is 11.1 Å². The Bertz CT molecular complexity index is 414. The zero-order valence-corrected chi connectivity index (χ0v) is 12.0. The van der Waals surface area contributed by atoms with Gasteiger partial charge in [0, 0.05) is 16.6 Å². The molecular formula is C15H22N2OS. The lowest BCUT2D eigenvalue weighted by molar-refractivity contribution is -0.119. The Hall–Kier alpha value is -1.16. The minimum atomic E-state index is 0.138. The van der Waals surface area contributed by atoms with Crippen LogP contribution in [0.2, 0.25) is 0 Å². The van der Waals surface area contributed by atoms with E-state index in [4.69, 9.17) is 5.73 Å². The molecule has 1 aliphatic rings. The first-order valence-corrected chi connectivity index (χ1v) is 8.00. The molecular weight excluding hydrogens is 256 g/mol. The third-order valence-electron chi connectivity index (χ3n) is 3.45. The third kappa shape index (κ3) is 5.15. The number of rotatable bonds is 4. The predicted octanol–water partition coefficient (Wildman–Crippen LogP) is 3.20. The van der Waals surface area contributed by atoms with Gasteiger partial charge in [-0.2, -0.15) is 0 Å². The molecule has 2 rings (SSSR count). The fourth-order valence-corrected chi connectivity index (χ4v) is 3.22. The fraction of sp³-hybridized carbons (Fsp3) is 0.533. The van der Waals surface area contributed by atoms with Crippen molar-refractivity contribution in [3.8, 4) is 0 Å². The summed E-state index contributed by atoms with van der Waals surface area (Å²) in [6.07, 6.45) is 7.37. The summed E-state index contributed by atoms with van der Waals surface area (Å²) >= 11 is 1.54. The lowest BCUT2D eigenvalue weighted by Gasteiger charge is -2.16. The highest BCUT2D eigenvalue weighted by Gasteiger charge is 2.14. The van der Waals surface area contributed by atoms with Crippen LogP contribution in [0.25, 0.3) is 0 Å².